The summed E-state index contributed by atoms with van der Waals surface area (Å²) >= 11 is 0. The van der Waals surface area contributed by atoms with Gasteiger partial charge in [-0.1, -0.05) is 13.8 Å². The summed E-state index contributed by atoms with van der Waals surface area (Å²) in [6.07, 6.45) is 0. The standard InChI is InChI=1S/C5H14P2/c1-5(2,6)7(3)4/h6H2,1-4H3. The summed E-state index contributed by atoms with van der Waals surface area (Å²) in [5, 5.41) is 0. The van der Waals surface area contributed by atoms with Crippen molar-refractivity contribution >= 4 is 17.2 Å². The van der Waals surface area contributed by atoms with Crippen LogP contribution in [0.5, 0.6) is 0 Å². The van der Waals surface area contributed by atoms with Crippen molar-refractivity contribution in [1.82, 2.24) is 0 Å². The monoisotopic (exact) mass is 136 g/mol. The van der Waals surface area contributed by atoms with E-state index in [1.54, 1.807) is 0 Å². The molecule has 0 spiro atoms. The third kappa shape index (κ3) is 3.44. The zero-order valence-corrected chi connectivity index (χ0v) is 7.57. The van der Waals surface area contributed by atoms with Crippen LogP contribution in [0.25, 0.3) is 0 Å². The van der Waals surface area contributed by atoms with Gasteiger partial charge < -0.3 is 0 Å². The van der Waals surface area contributed by atoms with Crippen molar-refractivity contribution in [3.05, 3.63) is 0 Å². The molecule has 0 aromatic carbocycles. The third-order valence-corrected chi connectivity index (χ3v) is 5.01. The Labute approximate surface area is 50.0 Å². The molecule has 0 N–H and O–H groups in total. The first-order chi connectivity index (χ1) is 2.94. The lowest BCUT2D eigenvalue weighted by Gasteiger charge is -2.23. The highest BCUT2D eigenvalue weighted by molar-refractivity contribution is 7.65. The van der Waals surface area contributed by atoms with Crippen LogP contribution < -0.4 is 0 Å². The highest BCUT2D eigenvalue weighted by Gasteiger charge is 2.13. The van der Waals surface area contributed by atoms with Crippen molar-refractivity contribution in [1.29, 1.82) is 0 Å². The van der Waals surface area contributed by atoms with Crippen molar-refractivity contribution in [3.8, 4) is 0 Å². The molecule has 7 heavy (non-hydrogen) atoms. The largest absolute Gasteiger partial charge is 0.127 e. The van der Waals surface area contributed by atoms with Gasteiger partial charge >= 0.3 is 0 Å². The molecule has 0 saturated carbocycles. The summed E-state index contributed by atoms with van der Waals surface area (Å²) in [6, 6.07) is 0. The molecule has 2 heteroatoms. The lowest BCUT2D eigenvalue weighted by molar-refractivity contribution is 1.01. The molecule has 0 radical (unpaired) electrons. The van der Waals surface area contributed by atoms with E-state index >= 15 is 0 Å². The molecule has 0 aliphatic rings. The van der Waals surface area contributed by atoms with Crippen molar-refractivity contribution in [2.24, 2.45) is 0 Å². The van der Waals surface area contributed by atoms with Crippen LogP contribution in [0, 0.1) is 0 Å². The molecule has 0 rings (SSSR count). The van der Waals surface area contributed by atoms with Crippen molar-refractivity contribution in [2.75, 3.05) is 13.3 Å². The Morgan fingerprint density at radius 1 is 1.29 bits per heavy atom. The Hall–Kier alpha value is 0.860. The van der Waals surface area contributed by atoms with E-state index in [1.165, 1.54) is 0 Å². The molecule has 0 bridgehead atoms. The topological polar surface area (TPSA) is 0 Å². The molecule has 0 aromatic heterocycles. The van der Waals surface area contributed by atoms with Crippen LogP contribution in [0.2, 0.25) is 0 Å². The second kappa shape index (κ2) is 2.42. The molecule has 0 aliphatic heterocycles. The van der Waals surface area contributed by atoms with E-state index in [2.05, 4.69) is 36.4 Å². The highest BCUT2D eigenvalue weighted by atomic mass is 31.2. The summed E-state index contributed by atoms with van der Waals surface area (Å²) in [6.45, 7) is 9.09. The van der Waals surface area contributed by atoms with Crippen molar-refractivity contribution in [2.45, 2.75) is 18.7 Å². The average Bonchev–Trinajstić information content (AvgIpc) is 1.31. The zero-order valence-electron chi connectivity index (χ0n) is 5.52. The lowest BCUT2D eigenvalue weighted by Crippen LogP contribution is -2.03. The molecule has 1 unspecified atom stereocenters. The van der Waals surface area contributed by atoms with Gasteiger partial charge in [-0.15, -0.1) is 17.2 Å². The van der Waals surface area contributed by atoms with Crippen molar-refractivity contribution < 1.29 is 0 Å². The Kier molecular flexibility index (Phi) is 2.72. The number of rotatable bonds is 1. The van der Waals surface area contributed by atoms with Gasteiger partial charge in [0, 0.05) is 0 Å². The average molecular weight is 136 g/mol. The SMILES string of the molecule is CP(C)C(C)(C)P. The van der Waals surface area contributed by atoms with Gasteiger partial charge in [0.05, 0.1) is 0 Å². The molecule has 0 amide bonds. The number of hydrogen-bond acceptors (Lipinski definition) is 0. The summed E-state index contributed by atoms with van der Waals surface area (Å²) in [5.74, 6) is 0. The van der Waals surface area contributed by atoms with Gasteiger partial charge in [0.25, 0.3) is 0 Å². The van der Waals surface area contributed by atoms with Crippen LogP contribution in [0.1, 0.15) is 13.8 Å². The van der Waals surface area contributed by atoms with E-state index in [-0.39, 0.29) is 7.92 Å². The molecule has 0 heterocycles. The normalized spacial score (nSPS) is 12.9. The van der Waals surface area contributed by atoms with E-state index in [0.29, 0.717) is 4.90 Å². The molecule has 0 aliphatic carbocycles. The molecular weight excluding hydrogens is 122 g/mol. The van der Waals surface area contributed by atoms with Crippen LogP contribution in [0.3, 0.4) is 0 Å². The molecule has 0 fully saturated rings. The summed E-state index contributed by atoms with van der Waals surface area (Å²) in [4.78, 5) is 0.481. The van der Waals surface area contributed by atoms with Gasteiger partial charge in [0.15, 0.2) is 0 Å². The third-order valence-electron chi connectivity index (χ3n) is 1.15. The Bertz CT molecular complexity index is 51.6. The minimum Gasteiger partial charge on any atom is -0.127 e. The van der Waals surface area contributed by atoms with Crippen molar-refractivity contribution in [3.63, 3.8) is 0 Å². The first kappa shape index (κ1) is 7.86. The maximum Gasteiger partial charge on any atom is -0.00118 e. The van der Waals surface area contributed by atoms with Crippen LogP contribution in [0.15, 0.2) is 0 Å². The fraction of sp³-hybridized carbons (Fsp3) is 1.00. The molecule has 0 aromatic rings. The Morgan fingerprint density at radius 3 is 1.43 bits per heavy atom. The maximum absolute atomic E-state index is 2.86. The van der Waals surface area contributed by atoms with Gasteiger partial charge in [-0.05, 0) is 18.2 Å². The first-order valence-corrected chi connectivity index (χ1v) is 5.22. The van der Waals surface area contributed by atoms with Gasteiger partial charge in [-0.2, -0.15) is 0 Å². The van der Waals surface area contributed by atoms with Gasteiger partial charge in [-0.25, -0.2) is 0 Å². The molecule has 0 saturated heterocycles. The molecule has 44 valence electrons. The lowest BCUT2D eigenvalue weighted by atomic mass is 10.5. The molecule has 0 nitrogen and oxygen atoms in total. The maximum atomic E-state index is 2.86. The smallest absolute Gasteiger partial charge is 0.00118 e. The minimum absolute atomic E-state index is 0.221. The summed E-state index contributed by atoms with van der Waals surface area (Å²) in [7, 11) is 3.08. The van der Waals surface area contributed by atoms with E-state index in [0.717, 1.165) is 0 Å². The second-order valence-corrected chi connectivity index (χ2v) is 7.42. The minimum atomic E-state index is 0.221. The van der Waals surface area contributed by atoms with Gasteiger partial charge in [0.1, 0.15) is 0 Å². The zero-order chi connectivity index (χ0) is 6.08. The van der Waals surface area contributed by atoms with Gasteiger partial charge in [0.2, 0.25) is 0 Å². The quantitative estimate of drug-likeness (QED) is 0.485. The van der Waals surface area contributed by atoms with E-state index in [1.807, 2.05) is 0 Å². The summed E-state index contributed by atoms with van der Waals surface area (Å²) in [5.41, 5.74) is 0. The predicted octanol–water partition coefficient (Wildman–Crippen LogP) is 2.34. The van der Waals surface area contributed by atoms with E-state index in [4.69, 9.17) is 0 Å². The fourth-order valence-corrected chi connectivity index (χ4v) is 0. The van der Waals surface area contributed by atoms with Crippen LogP contribution in [-0.2, 0) is 0 Å². The Morgan fingerprint density at radius 2 is 1.43 bits per heavy atom. The van der Waals surface area contributed by atoms with E-state index in [9.17, 15) is 0 Å². The van der Waals surface area contributed by atoms with Crippen LogP contribution in [0.4, 0.5) is 0 Å². The summed E-state index contributed by atoms with van der Waals surface area (Å²) < 4.78 is 0. The predicted molar refractivity (Wildman–Crippen MR) is 42.6 cm³/mol. The van der Waals surface area contributed by atoms with Crippen LogP contribution >= 0.6 is 17.2 Å². The Balaban J connectivity index is 3.54. The fourth-order valence-electron chi connectivity index (χ4n) is 0. The second-order valence-electron chi connectivity index (χ2n) is 2.55. The van der Waals surface area contributed by atoms with Gasteiger partial charge in [-0.3, -0.25) is 0 Å². The molecular formula is C5H14P2. The number of hydrogen-bond donors (Lipinski definition) is 0. The van der Waals surface area contributed by atoms with E-state index < -0.39 is 0 Å². The van der Waals surface area contributed by atoms with Crippen LogP contribution in [-0.4, -0.2) is 18.2 Å². The highest BCUT2D eigenvalue weighted by Crippen LogP contribution is 2.46. The first-order valence-electron chi connectivity index (χ1n) is 2.41. The molecule has 1 atom stereocenters.